The van der Waals surface area contributed by atoms with Crippen LogP contribution in [0.25, 0.3) is 0 Å². The quantitative estimate of drug-likeness (QED) is 0.346. The molecule has 0 atom stereocenters. The van der Waals surface area contributed by atoms with E-state index >= 15 is 0 Å². The molecule has 1 aromatic carbocycles. The lowest BCUT2D eigenvalue weighted by atomic mass is 10.2. The van der Waals surface area contributed by atoms with Crippen molar-refractivity contribution < 1.29 is 9.53 Å². The van der Waals surface area contributed by atoms with Crippen LogP contribution in [0.5, 0.6) is 0 Å². The predicted molar refractivity (Wildman–Crippen MR) is 70.1 cm³/mol. The van der Waals surface area contributed by atoms with E-state index in [1.165, 1.54) is 0 Å². The first-order valence-corrected chi connectivity index (χ1v) is 6.36. The second-order valence-corrected chi connectivity index (χ2v) is 4.92. The average Bonchev–Trinajstić information content (AvgIpc) is 2.26. The van der Waals surface area contributed by atoms with Crippen molar-refractivity contribution in [3.8, 4) is 0 Å². The Morgan fingerprint density at radius 2 is 2.24 bits per heavy atom. The molecule has 0 amide bonds. The molecule has 2 radical (unpaired) electrons. The molecular formula is C14H16O2S. The molecule has 0 aromatic heterocycles. The zero-order valence-corrected chi connectivity index (χ0v) is 11.2. The minimum atomic E-state index is -0.332. The molecule has 3 heteroatoms. The summed E-state index contributed by atoms with van der Waals surface area (Å²) in [5.74, 6) is 0.384. The van der Waals surface area contributed by atoms with Crippen LogP contribution in [0.3, 0.4) is 0 Å². The third kappa shape index (κ3) is 4.65. The molecule has 0 N–H and O–H groups in total. The largest absolute Gasteiger partial charge is 0.461 e. The maximum absolute atomic E-state index is 11.1. The molecule has 0 aliphatic heterocycles. The molecule has 1 rings (SSSR count). The van der Waals surface area contributed by atoms with Crippen molar-refractivity contribution in [2.45, 2.75) is 25.7 Å². The number of esters is 1. The smallest absolute Gasteiger partial charge is 0.333 e. The van der Waals surface area contributed by atoms with Gasteiger partial charge in [-0.3, -0.25) is 0 Å². The Balaban J connectivity index is 2.36. The molecule has 0 unspecified atom stereocenters. The van der Waals surface area contributed by atoms with E-state index < -0.39 is 0 Å². The van der Waals surface area contributed by atoms with Gasteiger partial charge in [-0.25, -0.2) is 4.79 Å². The summed E-state index contributed by atoms with van der Waals surface area (Å²) in [7, 11) is 0. The molecule has 0 saturated carbocycles. The zero-order chi connectivity index (χ0) is 12.8. The number of carbonyl (C=O) groups is 1. The summed E-state index contributed by atoms with van der Waals surface area (Å²) in [6, 6.07) is 8.33. The Morgan fingerprint density at radius 1 is 1.53 bits per heavy atom. The summed E-state index contributed by atoms with van der Waals surface area (Å²) in [5.41, 5.74) is 2.60. The minimum absolute atomic E-state index is 0.332. The van der Waals surface area contributed by atoms with Crippen LogP contribution in [-0.4, -0.2) is 18.3 Å². The van der Waals surface area contributed by atoms with Crippen LogP contribution in [-0.2, 0) is 9.53 Å². The van der Waals surface area contributed by atoms with E-state index in [0.29, 0.717) is 17.9 Å². The summed E-state index contributed by atoms with van der Waals surface area (Å²) in [6.07, 6.45) is 0. The first-order valence-electron chi connectivity index (χ1n) is 5.37. The fourth-order valence-corrected chi connectivity index (χ4v) is 2.00. The summed E-state index contributed by atoms with van der Waals surface area (Å²) >= 11 is 1.62. The first-order chi connectivity index (χ1) is 8.00. The van der Waals surface area contributed by atoms with Crippen molar-refractivity contribution >= 4 is 17.7 Å². The summed E-state index contributed by atoms with van der Waals surface area (Å²) in [5, 5.41) is 0. The highest BCUT2D eigenvalue weighted by Gasteiger charge is 2.04. The molecule has 0 bridgehead atoms. The second kappa shape index (κ2) is 6.50. The van der Waals surface area contributed by atoms with Gasteiger partial charge in [0.1, 0.15) is 6.61 Å². The summed E-state index contributed by atoms with van der Waals surface area (Å²) in [4.78, 5) is 12.2. The van der Waals surface area contributed by atoms with Gasteiger partial charge in [0.2, 0.25) is 0 Å². The maximum atomic E-state index is 11.1. The van der Waals surface area contributed by atoms with Crippen LogP contribution >= 0.6 is 11.8 Å². The highest BCUT2D eigenvalue weighted by molar-refractivity contribution is 7.99. The van der Waals surface area contributed by atoms with Gasteiger partial charge in [-0.2, -0.15) is 0 Å². The third-order valence-electron chi connectivity index (χ3n) is 2.06. The van der Waals surface area contributed by atoms with Gasteiger partial charge in [0.05, 0.1) is 0 Å². The molecule has 0 spiro atoms. The van der Waals surface area contributed by atoms with Crippen LogP contribution in [0.1, 0.15) is 18.1 Å². The monoisotopic (exact) mass is 248 g/mol. The number of hydrogen-bond donors (Lipinski definition) is 0. The standard InChI is InChI=1S/C14H16O2S/c1-10(2)14(15)16-7-8-17-13-6-5-11(3)9-12(13)4/h5H,1,7-8H2,2-4H3. The van der Waals surface area contributed by atoms with Gasteiger partial charge < -0.3 is 4.74 Å². The summed E-state index contributed by atoms with van der Waals surface area (Å²) < 4.78 is 5.01. The summed E-state index contributed by atoms with van der Waals surface area (Å²) in [6.45, 7) is 9.55. The molecule has 2 nitrogen and oxygen atoms in total. The van der Waals surface area contributed by atoms with Crippen LogP contribution < -0.4 is 0 Å². The van der Waals surface area contributed by atoms with Crippen molar-refractivity contribution in [3.63, 3.8) is 0 Å². The maximum Gasteiger partial charge on any atom is 0.333 e. The Bertz CT molecular complexity index is 424. The number of hydrogen-bond acceptors (Lipinski definition) is 3. The zero-order valence-electron chi connectivity index (χ0n) is 10.4. The Kier molecular flexibility index (Phi) is 5.29. The van der Waals surface area contributed by atoms with E-state index in [9.17, 15) is 4.79 Å². The van der Waals surface area contributed by atoms with Crippen molar-refractivity contribution in [2.75, 3.05) is 12.4 Å². The van der Waals surface area contributed by atoms with E-state index in [2.05, 4.69) is 18.7 Å². The SMILES string of the molecule is C=C(C)C(=O)OCCSc1[c]cc(C)[c]c1C. The lowest BCUT2D eigenvalue weighted by molar-refractivity contribution is -0.138. The molecule has 0 saturated heterocycles. The van der Waals surface area contributed by atoms with Gasteiger partial charge in [-0.1, -0.05) is 6.58 Å². The van der Waals surface area contributed by atoms with Crippen molar-refractivity contribution in [3.05, 3.63) is 41.5 Å². The van der Waals surface area contributed by atoms with Crippen LogP contribution in [0, 0.1) is 26.0 Å². The van der Waals surface area contributed by atoms with E-state index in [-0.39, 0.29) is 5.97 Å². The third-order valence-corrected chi connectivity index (χ3v) is 3.14. The molecule has 0 fully saturated rings. The molecule has 0 heterocycles. The van der Waals surface area contributed by atoms with E-state index in [0.717, 1.165) is 16.0 Å². The topological polar surface area (TPSA) is 26.3 Å². The highest BCUT2D eigenvalue weighted by Crippen LogP contribution is 2.21. The van der Waals surface area contributed by atoms with E-state index in [1.54, 1.807) is 18.7 Å². The number of aryl methyl sites for hydroxylation is 2. The number of ether oxygens (including phenoxy) is 1. The van der Waals surface area contributed by atoms with Gasteiger partial charge in [0.15, 0.2) is 0 Å². The Hall–Kier alpha value is -1.22. The number of thioether (sulfide) groups is 1. The van der Waals surface area contributed by atoms with Crippen molar-refractivity contribution in [2.24, 2.45) is 0 Å². The fourth-order valence-electron chi connectivity index (χ4n) is 1.22. The van der Waals surface area contributed by atoms with E-state index in [4.69, 9.17) is 4.74 Å². The molecule has 17 heavy (non-hydrogen) atoms. The first kappa shape index (κ1) is 13.8. The normalized spacial score (nSPS) is 10.1. The predicted octanol–water partition coefficient (Wildman–Crippen LogP) is 3.12. The molecular weight excluding hydrogens is 232 g/mol. The van der Waals surface area contributed by atoms with Crippen LogP contribution in [0.2, 0.25) is 0 Å². The van der Waals surface area contributed by atoms with E-state index in [1.807, 2.05) is 19.9 Å². The van der Waals surface area contributed by atoms with Crippen LogP contribution in [0.15, 0.2) is 23.1 Å². The number of benzene rings is 1. The molecule has 1 aromatic rings. The lowest BCUT2D eigenvalue weighted by Gasteiger charge is -2.06. The van der Waals surface area contributed by atoms with Gasteiger partial charge in [-0.05, 0) is 50.1 Å². The lowest BCUT2D eigenvalue weighted by Crippen LogP contribution is -2.07. The molecule has 0 aliphatic rings. The minimum Gasteiger partial charge on any atom is -0.461 e. The van der Waals surface area contributed by atoms with Gasteiger partial charge >= 0.3 is 5.97 Å². The van der Waals surface area contributed by atoms with Gasteiger partial charge in [0, 0.05) is 16.2 Å². The highest BCUT2D eigenvalue weighted by atomic mass is 32.2. The van der Waals surface area contributed by atoms with Crippen LogP contribution in [0.4, 0.5) is 0 Å². The van der Waals surface area contributed by atoms with Gasteiger partial charge in [-0.15, -0.1) is 11.8 Å². The Labute approximate surface area is 107 Å². The molecule has 0 aliphatic carbocycles. The molecule has 90 valence electrons. The van der Waals surface area contributed by atoms with Gasteiger partial charge in [0.25, 0.3) is 0 Å². The Morgan fingerprint density at radius 3 is 2.82 bits per heavy atom. The van der Waals surface area contributed by atoms with Crippen molar-refractivity contribution in [1.82, 2.24) is 0 Å². The number of carbonyl (C=O) groups excluding carboxylic acids is 1. The van der Waals surface area contributed by atoms with Crippen molar-refractivity contribution in [1.29, 1.82) is 0 Å². The number of rotatable bonds is 5. The second-order valence-electron chi connectivity index (χ2n) is 3.82. The average molecular weight is 248 g/mol. The fraction of sp³-hybridized carbons (Fsp3) is 0.357.